The van der Waals surface area contributed by atoms with E-state index in [0.717, 1.165) is 23.3 Å². The van der Waals surface area contributed by atoms with E-state index < -0.39 is 0 Å². The first kappa shape index (κ1) is 11.8. The van der Waals surface area contributed by atoms with Gasteiger partial charge in [-0.3, -0.25) is 0 Å². The third-order valence-corrected chi connectivity index (χ3v) is 2.91. The van der Waals surface area contributed by atoms with Crippen LogP contribution in [0.5, 0.6) is 11.5 Å². The highest BCUT2D eigenvalue weighted by Gasteiger charge is 2.33. The van der Waals surface area contributed by atoms with Gasteiger partial charge in [0.15, 0.2) is 11.5 Å². The molecule has 0 unspecified atom stereocenters. The molecule has 0 fully saturated rings. The molecule has 1 N–H and O–H groups in total. The second-order valence-corrected chi connectivity index (χ2v) is 4.89. The Balaban J connectivity index is 2.53. The van der Waals surface area contributed by atoms with Crippen molar-refractivity contribution in [2.75, 3.05) is 7.11 Å². The first-order valence-electron chi connectivity index (χ1n) is 5.56. The summed E-state index contributed by atoms with van der Waals surface area (Å²) in [6.07, 6.45) is 0.825. The number of methoxy groups -OCH3 is 1. The highest BCUT2D eigenvalue weighted by Crippen LogP contribution is 2.42. The van der Waals surface area contributed by atoms with Crippen molar-refractivity contribution in [1.82, 2.24) is 0 Å². The van der Waals surface area contributed by atoms with E-state index in [9.17, 15) is 0 Å². The van der Waals surface area contributed by atoms with Crippen LogP contribution in [0.4, 0.5) is 0 Å². The molecule has 92 valence electrons. The lowest BCUT2D eigenvalue weighted by molar-refractivity contribution is 0.134. The number of hydrogen-bond donors (Lipinski definition) is 1. The Kier molecular flexibility index (Phi) is 2.73. The molecule has 0 aliphatic carbocycles. The highest BCUT2D eigenvalue weighted by molar-refractivity contribution is 5.99. The number of nitrogens with zero attached hydrogens (tertiary/aromatic N) is 1. The van der Waals surface area contributed by atoms with Gasteiger partial charge in [0.2, 0.25) is 0 Å². The first-order valence-corrected chi connectivity index (χ1v) is 5.56. The van der Waals surface area contributed by atoms with Crippen molar-refractivity contribution in [1.29, 1.82) is 0 Å². The summed E-state index contributed by atoms with van der Waals surface area (Å²) in [5.41, 5.74) is 2.30. The summed E-state index contributed by atoms with van der Waals surface area (Å²) < 4.78 is 11.2. The van der Waals surface area contributed by atoms with Crippen LogP contribution >= 0.6 is 0 Å². The number of rotatable bonds is 2. The van der Waals surface area contributed by atoms with E-state index in [-0.39, 0.29) is 5.60 Å². The Bertz CT molecular complexity index is 478. The molecule has 0 bridgehead atoms. The van der Waals surface area contributed by atoms with Crippen molar-refractivity contribution in [3.63, 3.8) is 0 Å². The predicted molar refractivity (Wildman–Crippen MR) is 65.4 cm³/mol. The lowest BCUT2D eigenvalue weighted by Gasteiger charge is -2.17. The number of hydrogen-bond acceptors (Lipinski definition) is 4. The summed E-state index contributed by atoms with van der Waals surface area (Å²) in [5.74, 6) is 1.48. The molecule has 1 heterocycles. The average molecular weight is 235 g/mol. The number of oxime groups is 1. The molecule has 1 aliphatic heterocycles. The summed E-state index contributed by atoms with van der Waals surface area (Å²) in [7, 11) is 1.61. The minimum Gasteiger partial charge on any atom is -0.493 e. The maximum Gasteiger partial charge on any atom is 0.165 e. The number of ether oxygens (including phenoxy) is 2. The smallest absolute Gasteiger partial charge is 0.165 e. The van der Waals surface area contributed by atoms with Crippen molar-refractivity contribution >= 4 is 5.71 Å². The Morgan fingerprint density at radius 3 is 2.76 bits per heavy atom. The topological polar surface area (TPSA) is 51.0 Å². The summed E-state index contributed by atoms with van der Waals surface area (Å²) in [6, 6.07) is 3.82. The van der Waals surface area contributed by atoms with Crippen molar-refractivity contribution in [2.45, 2.75) is 32.8 Å². The number of fused-ring (bicyclic) bond motifs is 1. The van der Waals surface area contributed by atoms with Gasteiger partial charge in [-0.05, 0) is 32.9 Å². The predicted octanol–water partition coefficient (Wildman–Crippen LogP) is 2.61. The monoisotopic (exact) mass is 235 g/mol. The Morgan fingerprint density at radius 1 is 1.47 bits per heavy atom. The Morgan fingerprint density at radius 2 is 2.18 bits per heavy atom. The molecule has 1 aromatic rings. The minimum atomic E-state index is -0.210. The molecular weight excluding hydrogens is 218 g/mol. The quantitative estimate of drug-likeness (QED) is 0.487. The van der Waals surface area contributed by atoms with Gasteiger partial charge in [0.05, 0.1) is 12.8 Å². The van der Waals surface area contributed by atoms with Gasteiger partial charge in [0.1, 0.15) is 5.60 Å². The largest absolute Gasteiger partial charge is 0.493 e. The second-order valence-electron chi connectivity index (χ2n) is 4.89. The molecule has 0 aromatic heterocycles. The summed E-state index contributed by atoms with van der Waals surface area (Å²) in [5, 5.41) is 12.0. The zero-order chi connectivity index (χ0) is 12.6. The lowest BCUT2D eigenvalue weighted by Crippen LogP contribution is -2.24. The van der Waals surface area contributed by atoms with Gasteiger partial charge in [0, 0.05) is 17.5 Å². The van der Waals surface area contributed by atoms with Gasteiger partial charge in [0.25, 0.3) is 0 Å². The standard InChI is InChI=1S/C13H17NO3/c1-8(14-15)9-5-10-7-13(2,3)17-12(10)11(6-9)16-4/h5-6,15H,7H2,1-4H3/b14-8+. The zero-order valence-electron chi connectivity index (χ0n) is 10.6. The van der Waals surface area contributed by atoms with Crippen LogP contribution in [0.1, 0.15) is 31.9 Å². The van der Waals surface area contributed by atoms with Gasteiger partial charge < -0.3 is 14.7 Å². The molecule has 1 aromatic carbocycles. The van der Waals surface area contributed by atoms with E-state index in [2.05, 4.69) is 5.16 Å². The molecule has 0 amide bonds. The van der Waals surface area contributed by atoms with E-state index in [1.165, 1.54) is 0 Å². The summed E-state index contributed by atoms with van der Waals surface area (Å²) in [6.45, 7) is 5.83. The van der Waals surface area contributed by atoms with Crippen LogP contribution in [0, 0.1) is 0 Å². The van der Waals surface area contributed by atoms with Crippen molar-refractivity contribution in [2.24, 2.45) is 5.16 Å². The van der Waals surface area contributed by atoms with Crippen LogP contribution in [0.15, 0.2) is 17.3 Å². The average Bonchev–Trinajstić information content (AvgIpc) is 2.60. The summed E-state index contributed by atoms with van der Waals surface area (Å²) >= 11 is 0. The van der Waals surface area contributed by atoms with E-state index in [0.29, 0.717) is 11.5 Å². The fourth-order valence-corrected chi connectivity index (χ4v) is 2.10. The van der Waals surface area contributed by atoms with Gasteiger partial charge >= 0.3 is 0 Å². The molecule has 4 nitrogen and oxygen atoms in total. The fourth-order valence-electron chi connectivity index (χ4n) is 2.10. The SMILES string of the molecule is COc1cc(/C(C)=N/O)cc2c1OC(C)(C)C2. The van der Waals surface area contributed by atoms with Crippen molar-refractivity contribution < 1.29 is 14.7 Å². The molecule has 2 rings (SSSR count). The maximum atomic E-state index is 8.82. The number of benzene rings is 1. The maximum absolute atomic E-state index is 8.82. The van der Waals surface area contributed by atoms with Gasteiger partial charge in [-0.25, -0.2) is 0 Å². The van der Waals surface area contributed by atoms with Crippen molar-refractivity contribution in [3.05, 3.63) is 23.3 Å². The van der Waals surface area contributed by atoms with Crippen LogP contribution < -0.4 is 9.47 Å². The molecule has 1 aliphatic rings. The van der Waals surface area contributed by atoms with E-state index >= 15 is 0 Å². The Labute approximate surface area is 101 Å². The minimum absolute atomic E-state index is 0.210. The third-order valence-electron chi connectivity index (χ3n) is 2.91. The first-order chi connectivity index (χ1) is 7.96. The second kappa shape index (κ2) is 3.95. The molecule has 4 heteroatoms. The zero-order valence-corrected chi connectivity index (χ0v) is 10.6. The van der Waals surface area contributed by atoms with Crippen molar-refractivity contribution in [3.8, 4) is 11.5 Å². The van der Waals surface area contributed by atoms with Crippen LogP contribution in [-0.4, -0.2) is 23.6 Å². The highest BCUT2D eigenvalue weighted by atomic mass is 16.5. The van der Waals surface area contributed by atoms with E-state index in [4.69, 9.17) is 14.7 Å². The molecule has 17 heavy (non-hydrogen) atoms. The molecular formula is C13H17NO3. The summed E-state index contributed by atoms with van der Waals surface area (Å²) in [4.78, 5) is 0. The normalized spacial score (nSPS) is 17.5. The van der Waals surface area contributed by atoms with Crippen LogP contribution in [0.3, 0.4) is 0 Å². The third kappa shape index (κ3) is 2.07. The molecule has 0 spiro atoms. The van der Waals surface area contributed by atoms with Gasteiger partial charge in [-0.1, -0.05) is 5.16 Å². The van der Waals surface area contributed by atoms with E-state index in [1.54, 1.807) is 14.0 Å². The van der Waals surface area contributed by atoms with Gasteiger partial charge in [-0.15, -0.1) is 0 Å². The van der Waals surface area contributed by atoms with Crippen LogP contribution in [-0.2, 0) is 6.42 Å². The Hall–Kier alpha value is -1.71. The molecule has 0 atom stereocenters. The molecule has 0 radical (unpaired) electrons. The van der Waals surface area contributed by atoms with Crippen LogP contribution in [0.25, 0.3) is 0 Å². The van der Waals surface area contributed by atoms with Crippen LogP contribution in [0.2, 0.25) is 0 Å². The molecule has 0 saturated heterocycles. The van der Waals surface area contributed by atoms with Gasteiger partial charge in [-0.2, -0.15) is 0 Å². The van der Waals surface area contributed by atoms with E-state index in [1.807, 2.05) is 26.0 Å². The lowest BCUT2D eigenvalue weighted by atomic mass is 9.99. The molecule has 0 saturated carbocycles. The fraction of sp³-hybridized carbons (Fsp3) is 0.462.